The van der Waals surface area contributed by atoms with E-state index in [4.69, 9.17) is 4.74 Å². The molecule has 24 heavy (non-hydrogen) atoms. The summed E-state index contributed by atoms with van der Waals surface area (Å²) in [5.74, 6) is 0.348. The van der Waals surface area contributed by atoms with Crippen LogP contribution in [0.2, 0.25) is 0 Å². The van der Waals surface area contributed by atoms with Gasteiger partial charge in [-0.2, -0.15) is 5.10 Å². The largest absolute Gasteiger partial charge is 0.377 e. The molecular weight excluding hydrogens is 310 g/mol. The average molecular weight is 331 g/mol. The van der Waals surface area contributed by atoms with Crippen LogP contribution in [0, 0.1) is 6.92 Å². The number of ether oxygens (including phenoxy) is 1. The molecule has 0 unspecified atom stereocenters. The predicted octanol–water partition coefficient (Wildman–Crippen LogP) is 0.899. The van der Waals surface area contributed by atoms with Crippen molar-refractivity contribution in [3.8, 4) is 0 Å². The van der Waals surface area contributed by atoms with Crippen molar-refractivity contribution in [3.63, 3.8) is 0 Å². The summed E-state index contributed by atoms with van der Waals surface area (Å²) in [7, 11) is 0. The Balaban J connectivity index is 1.88. The van der Waals surface area contributed by atoms with Crippen LogP contribution in [0.3, 0.4) is 0 Å². The smallest absolute Gasteiger partial charge is 0.275 e. The van der Waals surface area contributed by atoms with Crippen LogP contribution < -0.4 is 5.56 Å². The minimum atomic E-state index is -0.386. The first-order valence-electron chi connectivity index (χ1n) is 8.08. The second-order valence-corrected chi connectivity index (χ2v) is 5.81. The number of nitrogens with zero attached hydrogens (tertiary/aromatic N) is 4. The van der Waals surface area contributed by atoms with Crippen LogP contribution in [0.5, 0.6) is 0 Å². The number of nitrogens with one attached hydrogen (secondary N) is 1. The normalized spacial score (nSPS) is 17.9. The van der Waals surface area contributed by atoms with Gasteiger partial charge < -0.3 is 14.6 Å². The monoisotopic (exact) mass is 331 g/mol. The number of aryl methyl sites for hydroxylation is 2. The zero-order valence-electron chi connectivity index (χ0n) is 13.9. The molecule has 0 aliphatic carbocycles. The molecule has 2 aromatic rings. The first kappa shape index (κ1) is 16.4. The predicted molar refractivity (Wildman–Crippen MR) is 86.7 cm³/mol. The van der Waals surface area contributed by atoms with E-state index in [1.807, 2.05) is 6.20 Å². The van der Waals surface area contributed by atoms with Gasteiger partial charge in [-0.15, -0.1) is 0 Å². The topological polar surface area (TPSA) is 93.1 Å². The molecule has 1 N–H and O–H groups in total. The fraction of sp³-hybridized carbons (Fsp3) is 0.500. The third kappa shape index (κ3) is 3.38. The zero-order valence-corrected chi connectivity index (χ0v) is 13.9. The van der Waals surface area contributed by atoms with Crippen molar-refractivity contribution < 1.29 is 9.53 Å². The Bertz CT molecular complexity index is 782. The molecule has 128 valence electrons. The molecule has 1 saturated heterocycles. The number of carbonyl (C=O) groups excluding carboxylic acids is 1. The first-order chi connectivity index (χ1) is 11.6. The van der Waals surface area contributed by atoms with E-state index in [1.54, 1.807) is 22.6 Å². The molecule has 0 saturated carbocycles. The molecule has 0 aromatic carbocycles. The molecule has 1 atom stereocenters. The molecule has 1 amide bonds. The molecule has 8 nitrogen and oxygen atoms in total. The summed E-state index contributed by atoms with van der Waals surface area (Å²) in [6.45, 7) is 5.76. The molecule has 2 aromatic heterocycles. The van der Waals surface area contributed by atoms with E-state index in [0.29, 0.717) is 37.0 Å². The molecule has 3 heterocycles. The molecule has 3 rings (SSSR count). The van der Waals surface area contributed by atoms with Crippen LogP contribution in [0.4, 0.5) is 0 Å². The minimum absolute atomic E-state index is 0.169. The van der Waals surface area contributed by atoms with Crippen LogP contribution in [0.15, 0.2) is 23.1 Å². The van der Waals surface area contributed by atoms with E-state index in [1.165, 1.54) is 6.07 Å². The Hall–Kier alpha value is -2.48. The van der Waals surface area contributed by atoms with Gasteiger partial charge in [0.25, 0.3) is 11.5 Å². The number of amides is 1. The van der Waals surface area contributed by atoms with Gasteiger partial charge in [-0.25, -0.2) is 4.98 Å². The zero-order chi connectivity index (χ0) is 17.1. The number of rotatable bonds is 4. The Morgan fingerprint density at radius 2 is 2.33 bits per heavy atom. The van der Waals surface area contributed by atoms with E-state index in [-0.39, 0.29) is 17.5 Å². The third-order valence-electron chi connectivity index (χ3n) is 3.92. The lowest BCUT2D eigenvalue weighted by molar-refractivity contribution is -0.00436. The van der Waals surface area contributed by atoms with E-state index in [2.05, 4.69) is 22.0 Å². The summed E-state index contributed by atoms with van der Waals surface area (Å²) in [4.78, 5) is 33.2. The highest BCUT2D eigenvalue weighted by Crippen LogP contribution is 2.23. The first-order valence-corrected chi connectivity index (χ1v) is 8.08. The molecule has 0 bridgehead atoms. The van der Waals surface area contributed by atoms with Gasteiger partial charge in [0.15, 0.2) is 0 Å². The second-order valence-electron chi connectivity index (χ2n) is 5.81. The summed E-state index contributed by atoms with van der Waals surface area (Å²) in [6.07, 6.45) is 2.76. The highest BCUT2D eigenvalue weighted by atomic mass is 16.5. The summed E-state index contributed by atoms with van der Waals surface area (Å²) < 4.78 is 7.27. The lowest BCUT2D eigenvalue weighted by Crippen LogP contribution is -2.44. The maximum Gasteiger partial charge on any atom is 0.275 e. The molecule has 1 aliphatic heterocycles. The van der Waals surface area contributed by atoms with Crippen LogP contribution in [0.1, 0.15) is 41.4 Å². The van der Waals surface area contributed by atoms with Crippen LogP contribution in [-0.2, 0) is 11.3 Å². The van der Waals surface area contributed by atoms with E-state index >= 15 is 0 Å². The van der Waals surface area contributed by atoms with E-state index in [0.717, 1.165) is 13.0 Å². The van der Waals surface area contributed by atoms with Crippen molar-refractivity contribution in [1.29, 1.82) is 0 Å². The van der Waals surface area contributed by atoms with Gasteiger partial charge in [-0.05, 0) is 19.4 Å². The van der Waals surface area contributed by atoms with Gasteiger partial charge in [-0.3, -0.25) is 14.3 Å². The van der Waals surface area contributed by atoms with Crippen molar-refractivity contribution in [2.45, 2.75) is 32.9 Å². The van der Waals surface area contributed by atoms with Crippen molar-refractivity contribution in [2.24, 2.45) is 0 Å². The maximum atomic E-state index is 12.9. The lowest BCUT2D eigenvalue weighted by Gasteiger charge is -2.34. The molecule has 1 aliphatic rings. The molecule has 8 heteroatoms. The molecule has 1 fully saturated rings. The molecule has 0 spiro atoms. The fourth-order valence-electron chi connectivity index (χ4n) is 2.84. The number of morpholine rings is 1. The average Bonchev–Trinajstić information content (AvgIpc) is 3.02. The van der Waals surface area contributed by atoms with Crippen LogP contribution >= 0.6 is 0 Å². The summed E-state index contributed by atoms with van der Waals surface area (Å²) in [5, 5.41) is 4.33. The Morgan fingerprint density at radius 3 is 3.08 bits per heavy atom. The third-order valence-corrected chi connectivity index (χ3v) is 3.92. The Labute approximate surface area is 139 Å². The van der Waals surface area contributed by atoms with Crippen LogP contribution in [-0.4, -0.2) is 50.3 Å². The molecular formula is C16H21N5O3. The summed E-state index contributed by atoms with van der Waals surface area (Å²) >= 11 is 0. The summed E-state index contributed by atoms with van der Waals surface area (Å²) in [6, 6.07) is 2.76. The van der Waals surface area contributed by atoms with Gasteiger partial charge in [0.2, 0.25) is 0 Å². The second kappa shape index (κ2) is 6.96. The van der Waals surface area contributed by atoms with Gasteiger partial charge >= 0.3 is 0 Å². The number of carbonyl (C=O) groups is 1. The summed E-state index contributed by atoms with van der Waals surface area (Å²) in [5.41, 5.74) is 0.705. The van der Waals surface area contributed by atoms with Gasteiger partial charge in [-0.1, -0.05) is 6.92 Å². The van der Waals surface area contributed by atoms with Crippen molar-refractivity contribution >= 4 is 5.91 Å². The Kier molecular flexibility index (Phi) is 4.75. The standard InChI is InChI=1S/C16H21N5O3/c1-3-5-20-6-4-12(19-20)16(23)21-7-8-24-10-14(21)13-9-15(22)18-11(2)17-13/h4,6,9,14H,3,5,7-8,10H2,1-2H3,(H,17,18,22)/t14-/m1/s1. The van der Waals surface area contributed by atoms with E-state index in [9.17, 15) is 9.59 Å². The van der Waals surface area contributed by atoms with Crippen molar-refractivity contribution in [1.82, 2.24) is 24.6 Å². The van der Waals surface area contributed by atoms with Crippen LogP contribution in [0.25, 0.3) is 0 Å². The number of aromatic nitrogens is 4. The number of hydrogen-bond acceptors (Lipinski definition) is 5. The number of H-pyrrole nitrogens is 1. The van der Waals surface area contributed by atoms with Crippen molar-refractivity contribution in [2.75, 3.05) is 19.8 Å². The molecule has 0 radical (unpaired) electrons. The number of hydrogen-bond donors (Lipinski definition) is 1. The van der Waals surface area contributed by atoms with Crippen molar-refractivity contribution in [3.05, 3.63) is 45.9 Å². The van der Waals surface area contributed by atoms with Gasteiger partial charge in [0.05, 0.1) is 24.9 Å². The van der Waals surface area contributed by atoms with Gasteiger partial charge in [0.1, 0.15) is 11.5 Å². The fourth-order valence-corrected chi connectivity index (χ4v) is 2.84. The number of aromatic amines is 1. The lowest BCUT2D eigenvalue weighted by atomic mass is 10.1. The maximum absolute atomic E-state index is 12.9. The SMILES string of the molecule is CCCn1ccc(C(=O)N2CCOC[C@@H]2c2cc(=O)[nH]c(C)n2)n1. The highest BCUT2D eigenvalue weighted by Gasteiger charge is 2.31. The highest BCUT2D eigenvalue weighted by molar-refractivity contribution is 5.92. The van der Waals surface area contributed by atoms with E-state index < -0.39 is 0 Å². The van der Waals surface area contributed by atoms with Gasteiger partial charge in [0, 0.05) is 25.4 Å². The quantitative estimate of drug-likeness (QED) is 0.898. The minimum Gasteiger partial charge on any atom is -0.377 e. The Morgan fingerprint density at radius 1 is 1.50 bits per heavy atom.